The van der Waals surface area contributed by atoms with Crippen LogP contribution in [0.25, 0.3) is 0 Å². The minimum atomic E-state index is -0.0422. The van der Waals surface area contributed by atoms with Crippen LogP contribution in [-0.2, 0) is 0 Å². The first-order chi connectivity index (χ1) is 11.3. The van der Waals surface area contributed by atoms with E-state index >= 15 is 0 Å². The van der Waals surface area contributed by atoms with Crippen molar-refractivity contribution in [3.8, 4) is 11.5 Å². The van der Waals surface area contributed by atoms with Crippen molar-refractivity contribution in [3.05, 3.63) is 54.1 Å². The lowest BCUT2D eigenvalue weighted by atomic mass is 9.98. The molecule has 5 heteroatoms. The summed E-state index contributed by atoms with van der Waals surface area (Å²) in [5.74, 6) is 1.94. The number of urea groups is 1. The van der Waals surface area contributed by atoms with E-state index in [9.17, 15) is 4.79 Å². The van der Waals surface area contributed by atoms with Crippen LogP contribution in [0, 0.1) is 0 Å². The van der Waals surface area contributed by atoms with Crippen LogP contribution in [0.3, 0.4) is 0 Å². The highest BCUT2D eigenvalue weighted by molar-refractivity contribution is 5.89. The molecule has 1 N–H and O–H groups in total. The lowest BCUT2D eigenvalue weighted by Crippen LogP contribution is -2.32. The van der Waals surface area contributed by atoms with Crippen molar-refractivity contribution in [2.45, 2.75) is 12.3 Å². The number of hydrogen-bond acceptors (Lipinski definition) is 3. The molecule has 0 radical (unpaired) electrons. The molecule has 2 amide bonds. The summed E-state index contributed by atoms with van der Waals surface area (Å²) in [6.07, 6.45) is 0.960. The zero-order chi connectivity index (χ0) is 15.6. The quantitative estimate of drug-likeness (QED) is 0.924. The number of nitrogens with one attached hydrogen (secondary N) is 1. The molecule has 0 aromatic heterocycles. The van der Waals surface area contributed by atoms with Crippen molar-refractivity contribution in [1.82, 2.24) is 4.90 Å². The average molecular weight is 310 g/mol. The van der Waals surface area contributed by atoms with Gasteiger partial charge < -0.3 is 19.7 Å². The Hall–Kier alpha value is -2.69. The third-order valence-corrected chi connectivity index (χ3v) is 4.37. The first-order valence-corrected chi connectivity index (χ1v) is 7.80. The molecule has 4 rings (SSSR count). The van der Waals surface area contributed by atoms with E-state index in [-0.39, 0.29) is 12.8 Å². The molecular formula is C18H18N2O3. The average Bonchev–Trinajstić information content (AvgIpc) is 3.24. The summed E-state index contributed by atoms with van der Waals surface area (Å²) in [6, 6.07) is 15.5. The smallest absolute Gasteiger partial charge is 0.321 e. The fourth-order valence-electron chi connectivity index (χ4n) is 3.11. The molecule has 0 bridgehead atoms. The van der Waals surface area contributed by atoms with Crippen LogP contribution in [0.15, 0.2) is 48.5 Å². The minimum Gasteiger partial charge on any atom is -0.454 e. The molecule has 2 heterocycles. The van der Waals surface area contributed by atoms with Gasteiger partial charge in [-0.3, -0.25) is 0 Å². The van der Waals surface area contributed by atoms with E-state index in [1.54, 1.807) is 0 Å². The van der Waals surface area contributed by atoms with Gasteiger partial charge in [-0.1, -0.05) is 24.3 Å². The van der Waals surface area contributed by atoms with Gasteiger partial charge in [0.25, 0.3) is 0 Å². The number of carbonyl (C=O) groups is 1. The summed E-state index contributed by atoms with van der Waals surface area (Å²) in [4.78, 5) is 14.2. The van der Waals surface area contributed by atoms with E-state index in [2.05, 4.69) is 11.4 Å². The number of fused-ring (bicyclic) bond motifs is 1. The SMILES string of the molecule is O=C(Nc1ccccc1)N1CCC(c2ccc3c(c2)OCO3)C1. The highest BCUT2D eigenvalue weighted by atomic mass is 16.7. The van der Waals surface area contributed by atoms with Crippen molar-refractivity contribution < 1.29 is 14.3 Å². The van der Waals surface area contributed by atoms with E-state index in [1.165, 1.54) is 5.56 Å². The van der Waals surface area contributed by atoms with Gasteiger partial charge in [-0.2, -0.15) is 0 Å². The summed E-state index contributed by atoms with van der Waals surface area (Å²) >= 11 is 0. The maximum absolute atomic E-state index is 12.3. The molecular weight excluding hydrogens is 292 g/mol. The molecule has 118 valence electrons. The third-order valence-electron chi connectivity index (χ3n) is 4.37. The van der Waals surface area contributed by atoms with Gasteiger partial charge in [0, 0.05) is 24.7 Å². The molecule has 23 heavy (non-hydrogen) atoms. The van der Waals surface area contributed by atoms with Crippen LogP contribution in [0.2, 0.25) is 0 Å². The fraction of sp³-hybridized carbons (Fsp3) is 0.278. The van der Waals surface area contributed by atoms with Crippen LogP contribution in [-0.4, -0.2) is 30.8 Å². The number of hydrogen-bond donors (Lipinski definition) is 1. The molecule has 5 nitrogen and oxygen atoms in total. The molecule has 0 aliphatic carbocycles. The topological polar surface area (TPSA) is 50.8 Å². The molecule has 1 saturated heterocycles. The summed E-state index contributed by atoms with van der Waals surface area (Å²) in [5, 5.41) is 2.94. The first-order valence-electron chi connectivity index (χ1n) is 7.80. The predicted octanol–water partition coefficient (Wildman–Crippen LogP) is 3.44. The largest absolute Gasteiger partial charge is 0.454 e. The van der Waals surface area contributed by atoms with Gasteiger partial charge >= 0.3 is 6.03 Å². The van der Waals surface area contributed by atoms with Crippen molar-refractivity contribution in [3.63, 3.8) is 0 Å². The first kappa shape index (κ1) is 13.9. The maximum atomic E-state index is 12.3. The second-order valence-corrected chi connectivity index (χ2v) is 5.84. The Kier molecular flexibility index (Phi) is 3.54. The Bertz CT molecular complexity index is 717. The second-order valence-electron chi connectivity index (χ2n) is 5.84. The lowest BCUT2D eigenvalue weighted by Gasteiger charge is -2.17. The minimum absolute atomic E-state index is 0.0422. The van der Waals surface area contributed by atoms with Gasteiger partial charge in [-0.05, 0) is 36.2 Å². The van der Waals surface area contributed by atoms with Crippen LogP contribution in [0.4, 0.5) is 10.5 Å². The summed E-state index contributed by atoms with van der Waals surface area (Å²) in [7, 11) is 0. The van der Waals surface area contributed by atoms with Crippen molar-refractivity contribution in [2.24, 2.45) is 0 Å². The third kappa shape index (κ3) is 2.82. The van der Waals surface area contributed by atoms with Crippen molar-refractivity contribution in [1.29, 1.82) is 0 Å². The van der Waals surface area contributed by atoms with Crippen molar-refractivity contribution in [2.75, 3.05) is 25.2 Å². The number of carbonyl (C=O) groups excluding carboxylic acids is 1. The lowest BCUT2D eigenvalue weighted by molar-refractivity contribution is 0.174. The molecule has 2 aliphatic heterocycles. The van der Waals surface area contributed by atoms with E-state index in [1.807, 2.05) is 47.4 Å². The number of para-hydroxylation sites is 1. The van der Waals surface area contributed by atoms with E-state index in [4.69, 9.17) is 9.47 Å². The van der Waals surface area contributed by atoms with Gasteiger partial charge in [0.05, 0.1) is 0 Å². The van der Waals surface area contributed by atoms with Crippen LogP contribution >= 0.6 is 0 Å². The highest BCUT2D eigenvalue weighted by Gasteiger charge is 2.28. The van der Waals surface area contributed by atoms with Gasteiger partial charge in [0.15, 0.2) is 11.5 Å². The zero-order valence-electron chi connectivity index (χ0n) is 12.7. The summed E-state index contributed by atoms with van der Waals surface area (Å²) in [5.41, 5.74) is 2.02. The molecule has 1 fully saturated rings. The van der Waals surface area contributed by atoms with Gasteiger partial charge in [0.1, 0.15) is 0 Å². The summed E-state index contributed by atoms with van der Waals surface area (Å²) in [6.45, 7) is 1.77. The number of ether oxygens (including phenoxy) is 2. The van der Waals surface area contributed by atoms with E-state index in [0.717, 1.165) is 36.7 Å². The number of anilines is 1. The Morgan fingerprint density at radius 1 is 1.09 bits per heavy atom. The fourth-order valence-corrected chi connectivity index (χ4v) is 3.11. The Morgan fingerprint density at radius 2 is 1.91 bits per heavy atom. The molecule has 1 unspecified atom stereocenters. The Balaban J connectivity index is 1.42. The van der Waals surface area contributed by atoms with E-state index < -0.39 is 0 Å². The van der Waals surface area contributed by atoms with Crippen LogP contribution in [0.5, 0.6) is 11.5 Å². The molecule has 2 aromatic rings. The molecule has 0 saturated carbocycles. The molecule has 2 aromatic carbocycles. The molecule has 0 spiro atoms. The van der Waals surface area contributed by atoms with Crippen LogP contribution < -0.4 is 14.8 Å². The predicted molar refractivity (Wildman–Crippen MR) is 87.0 cm³/mol. The number of likely N-dealkylation sites (tertiary alicyclic amines) is 1. The second kappa shape index (κ2) is 5.83. The number of nitrogens with zero attached hydrogens (tertiary/aromatic N) is 1. The number of amides is 2. The van der Waals surface area contributed by atoms with Crippen LogP contribution in [0.1, 0.15) is 17.9 Å². The van der Waals surface area contributed by atoms with Gasteiger partial charge in [-0.25, -0.2) is 4.79 Å². The normalized spacial score (nSPS) is 19.0. The Labute approximate surface area is 134 Å². The number of benzene rings is 2. The molecule has 2 aliphatic rings. The molecule has 1 atom stereocenters. The van der Waals surface area contributed by atoms with Gasteiger partial charge in [-0.15, -0.1) is 0 Å². The monoisotopic (exact) mass is 310 g/mol. The summed E-state index contributed by atoms with van der Waals surface area (Å²) < 4.78 is 10.8. The Morgan fingerprint density at radius 3 is 2.78 bits per heavy atom. The highest BCUT2D eigenvalue weighted by Crippen LogP contribution is 2.37. The number of rotatable bonds is 2. The van der Waals surface area contributed by atoms with Crippen molar-refractivity contribution >= 4 is 11.7 Å². The van der Waals surface area contributed by atoms with Gasteiger partial charge in [0.2, 0.25) is 6.79 Å². The zero-order valence-corrected chi connectivity index (χ0v) is 12.7. The maximum Gasteiger partial charge on any atom is 0.321 e. The van der Waals surface area contributed by atoms with E-state index in [0.29, 0.717) is 5.92 Å². The standard InChI is InChI=1S/C18H18N2O3/c21-18(19-15-4-2-1-3-5-15)20-9-8-14(11-20)13-6-7-16-17(10-13)23-12-22-16/h1-7,10,14H,8-9,11-12H2,(H,19,21).